The van der Waals surface area contributed by atoms with Crippen molar-refractivity contribution in [1.82, 2.24) is 0 Å². The van der Waals surface area contributed by atoms with E-state index in [1.807, 2.05) is 27.7 Å². The molecule has 0 atom stereocenters. The summed E-state index contributed by atoms with van der Waals surface area (Å²) in [6.07, 6.45) is 1.94. The summed E-state index contributed by atoms with van der Waals surface area (Å²) in [6.45, 7) is 3.72. The van der Waals surface area contributed by atoms with Crippen LogP contribution in [0.5, 0.6) is 0 Å². The average molecular weight is 287 g/mol. The van der Waals surface area contributed by atoms with E-state index < -0.39 is 0 Å². The largest absolute Gasteiger partial charge is 0.142 e. The van der Waals surface area contributed by atoms with Gasteiger partial charge in [0, 0.05) is 22.2 Å². The molecule has 1 heterocycles. The Morgan fingerprint density at radius 2 is 1.94 bits per heavy atom. The van der Waals surface area contributed by atoms with Crippen molar-refractivity contribution >= 4 is 45.1 Å². The topological polar surface area (TPSA) is 0 Å². The van der Waals surface area contributed by atoms with E-state index in [2.05, 4.69) is 54.4 Å². The summed E-state index contributed by atoms with van der Waals surface area (Å²) in [6, 6.07) is 9.00. The second-order valence-electron chi connectivity index (χ2n) is 3.30. The first-order chi connectivity index (χ1) is 7.90. The highest BCUT2D eigenvalue weighted by Crippen LogP contribution is 2.45. The number of rotatable bonds is 5. The van der Waals surface area contributed by atoms with Crippen molar-refractivity contribution < 1.29 is 0 Å². The molecule has 1 aromatic rings. The van der Waals surface area contributed by atoms with Crippen molar-refractivity contribution in [3.05, 3.63) is 42.5 Å². The first kappa shape index (κ1) is 12.8. The van der Waals surface area contributed by atoms with Crippen LogP contribution >= 0.6 is 45.1 Å². The van der Waals surface area contributed by atoms with E-state index >= 15 is 0 Å². The summed E-state index contributed by atoms with van der Waals surface area (Å²) in [5, 5.41) is 0. The van der Waals surface area contributed by atoms with Crippen LogP contribution in [0, 0.1) is 0 Å². The van der Waals surface area contributed by atoms with Gasteiger partial charge in [0.15, 0.2) is 0 Å². The number of hydrogen-bond donors (Lipinski definition) is 0. The zero-order chi connectivity index (χ0) is 11.2. The molecule has 0 saturated carbocycles. The van der Waals surface area contributed by atoms with Gasteiger partial charge >= 0.3 is 0 Å². The average Bonchev–Trinajstić information content (AvgIpc) is 2.84. The van der Waals surface area contributed by atoms with Crippen molar-refractivity contribution in [1.29, 1.82) is 0 Å². The lowest BCUT2D eigenvalue weighted by atomic mass is 10.2. The predicted molar refractivity (Wildman–Crippen MR) is 82.6 cm³/mol. The van der Waals surface area contributed by atoms with Crippen molar-refractivity contribution in [2.75, 3.05) is 17.3 Å². The van der Waals surface area contributed by atoms with Gasteiger partial charge in [-0.05, 0) is 17.7 Å². The van der Waals surface area contributed by atoms with Gasteiger partial charge in [-0.25, -0.2) is 0 Å². The Labute approximate surface area is 114 Å². The third-order valence-electron chi connectivity index (χ3n) is 2.12. The Hall–Kier alpha value is 0.360. The first-order valence-corrected chi connectivity index (χ1v) is 9.55. The summed E-state index contributed by atoms with van der Waals surface area (Å²) in [5.41, 5.74) is 1.46. The molecule has 1 saturated heterocycles. The molecule has 16 heavy (non-hydrogen) atoms. The van der Waals surface area contributed by atoms with Gasteiger partial charge in [-0.3, -0.25) is 0 Å². The lowest BCUT2D eigenvalue weighted by molar-refractivity contribution is 1.34. The Bertz CT molecular complexity index is 327. The zero-order valence-corrected chi connectivity index (χ0v) is 12.2. The minimum atomic E-state index is 0.667. The molecule has 86 valence electrons. The van der Waals surface area contributed by atoms with Gasteiger partial charge in [-0.1, -0.05) is 39.8 Å². The van der Waals surface area contributed by atoms with Crippen molar-refractivity contribution in [3.63, 3.8) is 0 Å². The van der Waals surface area contributed by atoms with Crippen LogP contribution in [0.25, 0.3) is 0 Å². The quantitative estimate of drug-likeness (QED) is 0.420. The summed E-state index contributed by atoms with van der Waals surface area (Å²) in [4.78, 5) is 1.34. The second kappa shape index (κ2) is 6.94. The molecule has 0 radical (unpaired) electrons. The van der Waals surface area contributed by atoms with Crippen LogP contribution in [0.3, 0.4) is 0 Å². The van der Waals surface area contributed by atoms with Crippen LogP contribution in [-0.4, -0.2) is 17.3 Å². The minimum Gasteiger partial charge on any atom is -0.142 e. The van der Waals surface area contributed by atoms with Gasteiger partial charge in [-0.2, -0.15) is 0 Å². The van der Waals surface area contributed by atoms with Gasteiger partial charge in [-0.15, -0.1) is 30.1 Å². The summed E-state index contributed by atoms with van der Waals surface area (Å²) in [7, 11) is 3.66. The Morgan fingerprint density at radius 3 is 2.56 bits per heavy atom. The highest BCUT2D eigenvalue weighted by atomic mass is 33.1. The van der Waals surface area contributed by atoms with E-state index in [0.717, 1.165) is 5.75 Å². The molecular weight excluding hydrogens is 272 g/mol. The van der Waals surface area contributed by atoms with E-state index in [-0.39, 0.29) is 0 Å². The van der Waals surface area contributed by atoms with Crippen LogP contribution in [0.2, 0.25) is 0 Å². The lowest BCUT2D eigenvalue weighted by Gasteiger charge is -2.08. The van der Waals surface area contributed by atoms with E-state index in [4.69, 9.17) is 0 Å². The second-order valence-corrected chi connectivity index (χ2v) is 8.44. The number of hydrogen-bond acceptors (Lipinski definition) is 4. The third kappa shape index (κ3) is 3.69. The third-order valence-corrected chi connectivity index (χ3v) is 7.51. The summed E-state index contributed by atoms with van der Waals surface area (Å²) >= 11 is 4.12. The monoisotopic (exact) mass is 286 g/mol. The molecule has 1 aromatic carbocycles. The van der Waals surface area contributed by atoms with Gasteiger partial charge in [0.1, 0.15) is 0 Å². The van der Waals surface area contributed by atoms with E-state index in [9.17, 15) is 0 Å². The molecule has 4 heteroatoms. The molecule has 0 spiro atoms. The number of thioether (sulfide) groups is 2. The molecule has 1 fully saturated rings. The normalized spacial score (nSPS) is 16.5. The van der Waals surface area contributed by atoms with Crippen molar-refractivity contribution in [2.45, 2.75) is 9.48 Å². The molecule has 2 rings (SSSR count). The fourth-order valence-corrected chi connectivity index (χ4v) is 6.02. The van der Waals surface area contributed by atoms with Gasteiger partial charge < -0.3 is 0 Å². The van der Waals surface area contributed by atoms with Gasteiger partial charge in [0.25, 0.3) is 0 Å². The molecule has 0 N–H and O–H groups in total. The standard InChI is InChI=1S/C12H14S4/c1-2-7-15-16-11-5-3-10(4-6-11)12-13-8-9-14-12/h2-6,12H,1,7-9H2. The molecule has 0 aromatic heterocycles. The SMILES string of the molecule is C=CCSSc1ccc(C2SCCS2)cc1. The number of benzene rings is 1. The van der Waals surface area contributed by atoms with Crippen molar-refractivity contribution in [3.8, 4) is 0 Å². The molecule has 0 bridgehead atoms. The van der Waals surface area contributed by atoms with E-state index in [1.165, 1.54) is 22.0 Å². The molecule has 1 aliphatic heterocycles. The minimum absolute atomic E-state index is 0.667. The first-order valence-electron chi connectivity index (χ1n) is 5.13. The summed E-state index contributed by atoms with van der Waals surface area (Å²) in [5.74, 6) is 3.59. The maximum absolute atomic E-state index is 3.72. The zero-order valence-electron chi connectivity index (χ0n) is 8.93. The fourth-order valence-electron chi connectivity index (χ4n) is 1.38. The Morgan fingerprint density at radius 1 is 1.25 bits per heavy atom. The Balaban J connectivity index is 1.90. The molecule has 0 aliphatic carbocycles. The molecule has 0 nitrogen and oxygen atoms in total. The summed E-state index contributed by atoms with van der Waals surface area (Å²) < 4.78 is 0.667. The van der Waals surface area contributed by atoms with Crippen LogP contribution in [0.1, 0.15) is 10.1 Å². The molecule has 0 unspecified atom stereocenters. The van der Waals surface area contributed by atoms with Crippen LogP contribution in [-0.2, 0) is 0 Å². The van der Waals surface area contributed by atoms with Crippen LogP contribution in [0.4, 0.5) is 0 Å². The highest BCUT2D eigenvalue weighted by molar-refractivity contribution is 8.76. The van der Waals surface area contributed by atoms with Crippen LogP contribution in [0.15, 0.2) is 41.8 Å². The Kier molecular flexibility index (Phi) is 5.56. The van der Waals surface area contributed by atoms with Crippen molar-refractivity contribution in [2.24, 2.45) is 0 Å². The smallest absolute Gasteiger partial charge is 0.0751 e. The molecule has 0 amide bonds. The van der Waals surface area contributed by atoms with Gasteiger partial charge in [0.2, 0.25) is 0 Å². The van der Waals surface area contributed by atoms with Crippen LogP contribution < -0.4 is 0 Å². The molecule has 1 aliphatic rings. The predicted octanol–water partition coefficient (Wildman–Crippen LogP) is 5.09. The van der Waals surface area contributed by atoms with Gasteiger partial charge in [0.05, 0.1) is 4.58 Å². The fraction of sp³-hybridized carbons (Fsp3) is 0.333. The maximum Gasteiger partial charge on any atom is 0.0751 e. The van der Waals surface area contributed by atoms with E-state index in [0.29, 0.717) is 4.58 Å². The van der Waals surface area contributed by atoms with E-state index in [1.54, 1.807) is 0 Å². The maximum atomic E-state index is 3.72. The molecular formula is C12H14S4. The lowest BCUT2D eigenvalue weighted by Crippen LogP contribution is -1.83. The highest BCUT2D eigenvalue weighted by Gasteiger charge is 2.17.